The van der Waals surface area contributed by atoms with E-state index in [1.165, 1.54) is 5.56 Å². The number of carbonyl (C=O) groups excluding carboxylic acids is 1. The van der Waals surface area contributed by atoms with Crippen LogP contribution in [0, 0.1) is 6.92 Å². The van der Waals surface area contributed by atoms with Crippen LogP contribution in [0.5, 0.6) is 5.75 Å². The molecule has 4 heteroatoms. The molecule has 116 valence electrons. The van der Waals surface area contributed by atoms with Gasteiger partial charge in [0.05, 0.1) is 18.8 Å². The second-order valence-electron chi connectivity index (χ2n) is 4.99. The number of amides is 1. The molecule has 1 amide bonds. The van der Waals surface area contributed by atoms with Crippen molar-refractivity contribution >= 4 is 11.6 Å². The van der Waals surface area contributed by atoms with Crippen LogP contribution in [0.2, 0.25) is 0 Å². The van der Waals surface area contributed by atoms with E-state index in [-0.39, 0.29) is 12.5 Å². The average Bonchev–Trinajstić information content (AvgIpc) is 2.53. The predicted molar refractivity (Wildman–Crippen MR) is 89.1 cm³/mol. The average molecular weight is 298 g/mol. The van der Waals surface area contributed by atoms with Crippen LogP contribution in [-0.2, 0) is 11.3 Å². The highest BCUT2D eigenvalue weighted by Gasteiger charge is 2.05. The number of hydrogen-bond donors (Lipinski definition) is 2. The quantitative estimate of drug-likeness (QED) is 0.825. The molecule has 0 unspecified atom stereocenters. The van der Waals surface area contributed by atoms with Crippen LogP contribution >= 0.6 is 0 Å². The summed E-state index contributed by atoms with van der Waals surface area (Å²) in [5.41, 5.74) is 3.14. The van der Waals surface area contributed by atoms with Crippen LogP contribution in [0.15, 0.2) is 48.5 Å². The van der Waals surface area contributed by atoms with E-state index < -0.39 is 0 Å². The van der Waals surface area contributed by atoms with E-state index in [9.17, 15) is 4.79 Å². The van der Waals surface area contributed by atoms with E-state index >= 15 is 0 Å². The van der Waals surface area contributed by atoms with Crippen molar-refractivity contribution in [3.05, 3.63) is 59.7 Å². The van der Waals surface area contributed by atoms with Gasteiger partial charge in [-0.25, -0.2) is 0 Å². The molecule has 0 aliphatic carbocycles. The zero-order valence-corrected chi connectivity index (χ0v) is 13.1. The fraction of sp³-hybridized carbons (Fsp3) is 0.278. The van der Waals surface area contributed by atoms with Crippen molar-refractivity contribution in [1.82, 2.24) is 5.32 Å². The van der Waals surface area contributed by atoms with Crippen molar-refractivity contribution in [2.75, 3.05) is 18.5 Å². The van der Waals surface area contributed by atoms with Crippen molar-refractivity contribution in [3.8, 4) is 5.75 Å². The summed E-state index contributed by atoms with van der Waals surface area (Å²) in [5, 5.41) is 6.03. The van der Waals surface area contributed by atoms with Gasteiger partial charge in [-0.3, -0.25) is 4.79 Å². The van der Waals surface area contributed by atoms with Gasteiger partial charge in [0.25, 0.3) is 0 Å². The molecule has 0 saturated carbocycles. The molecule has 0 bridgehead atoms. The van der Waals surface area contributed by atoms with Gasteiger partial charge in [-0.2, -0.15) is 0 Å². The third-order valence-electron chi connectivity index (χ3n) is 3.36. The molecule has 0 saturated heterocycles. The number of aryl methyl sites for hydroxylation is 1. The Morgan fingerprint density at radius 3 is 2.59 bits per heavy atom. The Morgan fingerprint density at radius 2 is 1.82 bits per heavy atom. The van der Waals surface area contributed by atoms with E-state index in [4.69, 9.17) is 4.74 Å². The van der Waals surface area contributed by atoms with E-state index in [2.05, 4.69) is 10.6 Å². The van der Waals surface area contributed by atoms with E-state index in [1.54, 1.807) is 0 Å². The first-order valence-corrected chi connectivity index (χ1v) is 7.47. The van der Waals surface area contributed by atoms with Crippen LogP contribution in [0.1, 0.15) is 18.1 Å². The van der Waals surface area contributed by atoms with Gasteiger partial charge in [-0.15, -0.1) is 0 Å². The fourth-order valence-electron chi connectivity index (χ4n) is 2.13. The Morgan fingerprint density at radius 1 is 1.09 bits per heavy atom. The minimum atomic E-state index is -0.0467. The van der Waals surface area contributed by atoms with Crippen molar-refractivity contribution in [3.63, 3.8) is 0 Å². The molecule has 2 N–H and O–H groups in total. The van der Waals surface area contributed by atoms with Crippen molar-refractivity contribution in [2.24, 2.45) is 0 Å². The zero-order chi connectivity index (χ0) is 15.8. The number of benzene rings is 2. The highest BCUT2D eigenvalue weighted by molar-refractivity contribution is 5.81. The summed E-state index contributed by atoms with van der Waals surface area (Å²) < 4.78 is 5.52. The van der Waals surface area contributed by atoms with Crippen molar-refractivity contribution in [2.45, 2.75) is 20.4 Å². The standard InChI is InChI=1S/C18H22N2O2/c1-3-22-17-11-7-6-10-16(17)19-13-18(21)20-12-15-9-5-4-8-14(15)2/h4-11,19H,3,12-13H2,1-2H3,(H,20,21). The smallest absolute Gasteiger partial charge is 0.239 e. The Labute approximate surface area is 131 Å². The number of anilines is 1. The van der Waals surface area contributed by atoms with Gasteiger partial charge < -0.3 is 15.4 Å². The van der Waals surface area contributed by atoms with Crippen LogP contribution in [0.25, 0.3) is 0 Å². The topological polar surface area (TPSA) is 50.4 Å². The maximum atomic E-state index is 12.0. The molecule has 0 atom stereocenters. The summed E-state index contributed by atoms with van der Waals surface area (Å²) in [6.45, 7) is 5.33. The molecule has 2 aromatic rings. The SMILES string of the molecule is CCOc1ccccc1NCC(=O)NCc1ccccc1C. The van der Waals surface area contributed by atoms with Gasteiger partial charge in [0.2, 0.25) is 5.91 Å². The molecule has 0 aliphatic rings. The molecular weight excluding hydrogens is 276 g/mol. The van der Waals surface area contributed by atoms with E-state index in [0.29, 0.717) is 13.2 Å². The Hall–Kier alpha value is -2.49. The van der Waals surface area contributed by atoms with Crippen LogP contribution < -0.4 is 15.4 Å². The second kappa shape index (κ2) is 8.08. The first-order chi connectivity index (χ1) is 10.7. The number of carbonyl (C=O) groups is 1. The largest absolute Gasteiger partial charge is 0.492 e. The maximum Gasteiger partial charge on any atom is 0.239 e. The summed E-state index contributed by atoms with van der Waals surface area (Å²) in [6.07, 6.45) is 0. The Kier molecular flexibility index (Phi) is 5.83. The molecular formula is C18H22N2O2. The highest BCUT2D eigenvalue weighted by Crippen LogP contribution is 2.23. The zero-order valence-electron chi connectivity index (χ0n) is 13.1. The van der Waals surface area contributed by atoms with Gasteiger partial charge in [-0.1, -0.05) is 36.4 Å². The molecule has 22 heavy (non-hydrogen) atoms. The summed E-state index contributed by atoms with van der Waals surface area (Å²) >= 11 is 0. The molecule has 0 aliphatic heterocycles. The molecule has 0 spiro atoms. The van der Waals surface area contributed by atoms with E-state index in [0.717, 1.165) is 17.0 Å². The van der Waals surface area contributed by atoms with Crippen LogP contribution in [0.4, 0.5) is 5.69 Å². The number of ether oxygens (including phenoxy) is 1. The minimum absolute atomic E-state index is 0.0467. The summed E-state index contributed by atoms with van der Waals surface area (Å²) in [7, 11) is 0. The lowest BCUT2D eigenvalue weighted by atomic mass is 10.1. The van der Waals surface area contributed by atoms with Crippen LogP contribution in [0.3, 0.4) is 0 Å². The fourth-order valence-corrected chi connectivity index (χ4v) is 2.13. The Balaban J connectivity index is 1.84. The molecule has 0 heterocycles. The number of para-hydroxylation sites is 2. The second-order valence-corrected chi connectivity index (χ2v) is 4.99. The summed E-state index contributed by atoms with van der Waals surface area (Å²) in [5.74, 6) is 0.714. The maximum absolute atomic E-state index is 12.0. The lowest BCUT2D eigenvalue weighted by molar-refractivity contribution is -0.119. The molecule has 4 nitrogen and oxygen atoms in total. The first kappa shape index (κ1) is 15.9. The van der Waals surface area contributed by atoms with Gasteiger partial charge in [-0.05, 0) is 37.1 Å². The van der Waals surface area contributed by atoms with Crippen molar-refractivity contribution < 1.29 is 9.53 Å². The third-order valence-corrected chi connectivity index (χ3v) is 3.36. The van der Waals surface area contributed by atoms with E-state index in [1.807, 2.05) is 62.4 Å². The highest BCUT2D eigenvalue weighted by atomic mass is 16.5. The lowest BCUT2D eigenvalue weighted by Gasteiger charge is -2.12. The number of rotatable bonds is 7. The molecule has 0 fully saturated rings. The van der Waals surface area contributed by atoms with Crippen LogP contribution in [-0.4, -0.2) is 19.1 Å². The van der Waals surface area contributed by atoms with Gasteiger partial charge in [0.15, 0.2) is 0 Å². The lowest BCUT2D eigenvalue weighted by Crippen LogP contribution is -2.29. The number of hydrogen-bond acceptors (Lipinski definition) is 3. The molecule has 2 aromatic carbocycles. The van der Waals surface area contributed by atoms with Gasteiger partial charge >= 0.3 is 0 Å². The predicted octanol–water partition coefficient (Wildman–Crippen LogP) is 3.12. The normalized spacial score (nSPS) is 10.1. The summed E-state index contributed by atoms with van der Waals surface area (Å²) in [4.78, 5) is 12.0. The molecule has 2 rings (SSSR count). The van der Waals surface area contributed by atoms with Gasteiger partial charge in [0.1, 0.15) is 5.75 Å². The van der Waals surface area contributed by atoms with Gasteiger partial charge in [0, 0.05) is 6.54 Å². The minimum Gasteiger partial charge on any atom is -0.492 e. The monoisotopic (exact) mass is 298 g/mol. The first-order valence-electron chi connectivity index (χ1n) is 7.47. The summed E-state index contributed by atoms with van der Waals surface area (Å²) in [6, 6.07) is 15.6. The third kappa shape index (κ3) is 4.52. The molecule has 0 radical (unpaired) electrons. The Bertz CT molecular complexity index is 626. The molecule has 0 aromatic heterocycles. The number of nitrogens with one attached hydrogen (secondary N) is 2. The van der Waals surface area contributed by atoms with Crippen molar-refractivity contribution in [1.29, 1.82) is 0 Å².